The molecule has 1 aliphatic carbocycles. The van der Waals surface area contributed by atoms with Crippen LogP contribution in [0.5, 0.6) is 5.75 Å². The van der Waals surface area contributed by atoms with Crippen LogP contribution in [-0.2, 0) is 42.5 Å². The molecule has 5 rings (SSSR count). The number of rotatable bonds is 12. The van der Waals surface area contributed by atoms with Crippen LogP contribution < -0.4 is 10.1 Å². The third-order valence-corrected chi connectivity index (χ3v) is 8.54. The Bertz CT molecular complexity index is 1510. The number of fused-ring (bicyclic) bond motifs is 1. The van der Waals surface area contributed by atoms with E-state index < -0.39 is 36.4 Å². The van der Waals surface area contributed by atoms with Gasteiger partial charge in [0.25, 0.3) is 0 Å². The summed E-state index contributed by atoms with van der Waals surface area (Å²) in [6, 6.07) is 16.9. The number of benzene rings is 2. The second-order valence-corrected chi connectivity index (χ2v) is 11.6. The molecular weight excluding hydrogens is 598 g/mol. The van der Waals surface area contributed by atoms with Gasteiger partial charge in [-0.15, -0.1) is 0 Å². The molecule has 2 fully saturated rings. The molecule has 0 spiro atoms. The van der Waals surface area contributed by atoms with Gasteiger partial charge in [0.1, 0.15) is 12.3 Å². The van der Waals surface area contributed by atoms with Gasteiger partial charge in [0.05, 0.1) is 33.2 Å². The lowest BCUT2D eigenvalue weighted by atomic mass is 9.88. The van der Waals surface area contributed by atoms with E-state index in [1.54, 1.807) is 7.11 Å². The molecule has 0 atom stereocenters. The molecule has 2 heterocycles. The number of morpholine rings is 1. The van der Waals surface area contributed by atoms with Gasteiger partial charge in [-0.25, -0.2) is 4.79 Å². The number of carbonyl (C=O) groups is 4. The van der Waals surface area contributed by atoms with Crippen LogP contribution in [0, 0.1) is 0 Å². The predicted molar refractivity (Wildman–Crippen MR) is 166 cm³/mol. The molecule has 1 saturated carbocycles. The van der Waals surface area contributed by atoms with Gasteiger partial charge < -0.3 is 44.7 Å². The highest BCUT2D eigenvalue weighted by Gasteiger charge is 2.41. The molecule has 1 aliphatic heterocycles. The molecule has 2 aliphatic rings. The topological polar surface area (TPSA) is 188 Å². The normalized spacial score (nSPS) is 16.0. The first-order chi connectivity index (χ1) is 22.0. The lowest BCUT2D eigenvalue weighted by Gasteiger charge is -2.31. The summed E-state index contributed by atoms with van der Waals surface area (Å²) in [6.07, 6.45) is 4.60. The third kappa shape index (κ3) is 8.42. The summed E-state index contributed by atoms with van der Waals surface area (Å²) in [6.45, 7) is 3.74. The highest BCUT2D eigenvalue weighted by molar-refractivity contribution is 5.88. The summed E-state index contributed by atoms with van der Waals surface area (Å²) < 4.78 is 12.9. The second kappa shape index (κ2) is 15.2. The fourth-order valence-electron chi connectivity index (χ4n) is 6.09. The van der Waals surface area contributed by atoms with Crippen LogP contribution in [-0.4, -0.2) is 92.7 Å². The first kappa shape index (κ1) is 34.4. The van der Waals surface area contributed by atoms with E-state index in [-0.39, 0.29) is 11.4 Å². The van der Waals surface area contributed by atoms with Crippen LogP contribution in [0.4, 0.5) is 0 Å². The number of nitrogens with zero attached hydrogens (tertiary/aromatic N) is 2. The van der Waals surface area contributed by atoms with Crippen molar-refractivity contribution in [3.8, 4) is 5.75 Å². The summed E-state index contributed by atoms with van der Waals surface area (Å²) in [5.41, 5.74) is 0.921. The average Bonchev–Trinajstić information content (AvgIpc) is 3.66. The number of methoxy groups -OCH3 is 1. The number of ether oxygens (including phenoxy) is 2. The highest BCUT2D eigenvalue weighted by Crippen LogP contribution is 2.40. The number of hydrogen-bond donors (Lipinski definition) is 5. The van der Waals surface area contributed by atoms with E-state index in [0.29, 0.717) is 32.8 Å². The molecule has 13 heteroatoms. The molecule has 46 heavy (non-hydrogen) atoms. The monoisotopic (exact) mass is 639 g/mol. The Kier molecular flexibility index (Phi) is 11.4. The van der Waals surface area contributed by atoms with E-state index >= 15 is 0 Å². The number of carboxylic acids is 3. The summed E-state index contributed by atoms with van der Waals surface area (Å²) in [7, 11) is 1.71. The molecule has 0 unspecified atom stereocenters. The highest BCUT2D eigenvalue weighted by atomic mass is 16.5. The number of nitrogens with one attached hydrogen (secondary N) is 1. The van der Waals surface area contributed by atoms with Crippen molar-refractivity contribution in [1.82, 2.24) is 14.8 Å². The maximum atomic E-state index is 12.9. The molecule has 1 saturated heterocycles. The molecule has 1 amide bonds. The van der Waals surface area contributed by atoms with Crippen LogP contribution in [0.3, 0.4) is 0 Å². The standard InChI is InChI=1S/C27H33N3O3.C6H8O7/c1-32-23-10-8-22(9-11-23)27(12-4-5-13-27)28-18-21-19-30(25-7-3-2-6-24(21)25)20-26(31)29-14-16-33-17-15-29;7-3(8)1-6(13,5(11)12)2-4(9)10/h2-3,6-11,19,28H,4-5,12-18,20H2,1H3;13H,1-2H2,(H,7,8)(H,9,10)(H,11,12). The zero-order chi connectivity index (χ0) is 33.3. The van der Waals surface area contributed by atoms with E-state index in [1.807, 2.05) is 11.0 Å². The molecule has 3 aromatic rings. The third-order valence-electron chi connectivity index (χ3n) is 8.54. The Morgan fingerprint density at radius 2 is 1.54 bits per heavy atom. The minimum absolute atomic E-state index is 0.0148. The molecule has 0 radical (unpaired) electrons. The van der Waals surface area contributed by atoms with Crippen LogP contribution in [0.1, 0.15) is 49.7 Å². The molecule has 1 aromatic heterocycles. The predicted octanol–water partition coefficient (Wildman–Crippen LogP) is 2.82. The maximum absolute atomic E-state index is 12.9. The number of carboxylic acid groups (broad SMARTS) is 3. The first-order valence-electron chi connectivity index (χ1n) is 15.2. The van der Waals surface area contributed by atoms with Gasteiger partial charge >= 0.3 is 17.9 Å². The average molecular weight is 640 g/mol. The van der Waals surface area contributed by atoms with E-state index in [9.17, 15) is 19.2 Å². The first-order valence-corrected chi connectivity index (χ1v) is 15.2. The van der Waals surface area contributed by atoms with Gasteiger partial charge in [-0.05, 0) is 42.2 Å². The van der Waals surface area contributed by atoms with Crippen LogP contribution in [0.25, 0.3) is 10.9 Å². The molecule has 2 aromatic carbocycles. The van der Waals surface area contributed by atoms with Crippen molar-refractivity contribution in [1.29, 1.82) is 0 Å². The number of aliphatic carboxylic acids is 3. The van der Waals surface area contributed by atoms with Crippen molar-refractivity contribution in [2.24, 2.45) is 0 Å². The SMILES string of the molecule is COc1ccc(C2(NCc3cn(CC(=O)N4CCOCC4)c4ccccc34)CCCC2)cc1.O=C(O)CC(O)(CC(=O)O)C(=O)O. The number of para-hydroxylation sites is 1. The second-order valence-electron chi connectivity index (χ2n) is 11.6. The van der Waals surface area contributed by atoms with Gasteiger partial charge in [-0.1, -0.05) is 43.2 Å². The van der Waals surface area contributed by atoms with Crippen molar-refractivity contribution in [3.63, 3.8) is 0 Å². The summed E-state index contributed by atoms with van der Waals surface area (Å²) >= 11 is 0. The van der Waals surface area contributed by atoms with Gasteiger partial charge in [-0.3, -0.25) is 14.4 Å². The Morgan fingerprint density at radius 1 is 0.935 bits per heavy atom. The quantitative estimate of drug-likeness (QED) is 0.196. The van der Waals surface area contributed by atoms with Gasteiger partial charge in [0.2, 0.25) is 5.91 Å². The maximum Gasteiger partial charge on any atom is 0.336 e. The minimum Gasteiger partial charge on any atom is -0.497 e. The van der Waals surface area contributed by atoms with E-state index in [0.717, 1.165) is 30.7 Å². The van der Waals surface area contributed by atoms with E-state index in [1.165, 1.54) is 29.4 Å². The van der Waals surface area contributed by atoms with Gasteiger partial charge in [0, 0.05) is 42.3 Å². The lowest BCUT2D eigenvalue weighted by molar-refractivity contribution is -0.170. The van der Waals surface area contributed by atoms with Crippen molar-refractivity contribution in [2.45, 2.75) is 62.8 Å². The smallest absolute Gasteiger partial charge is 0.336 e. The fraction of sp³-hybridized carbons (Fsp3) is 0.455. The van der Waals surface area contributed by atoms with Gasteiger partial charge in [-0.2, -0.15) is 0 Å². The van der Waals surface area contributed by atoms with E-state index in [2.05, 4.69) is 58.5 Å². The summed E-state index contributed by atoms with van der Waals surface area (Å²) in [4.78, 5) is 45.3. The van der Waals surface area contributed by atoms with E-state index in [4.69, 9.17) is 29.9 Å². The molecule has 13 nitrogen and oxygen atoms in total. The summed E-state index contributed by atoms with van der Waals surface area (Å²) in [5.74, 6) is -3.97. The summed E-state index contributed by atoms with van der Waals surface area (Å²) in [5, 5.41) is 38.9. The van der Waals surface area contributed by atoms with Crippen molar-refractivity contribution >= 4 is 34.7 Å². The fourth-order valence-corrected chi connectivity index (χ4v) is 6.09. The van der Waals surface area contributed by atoms with Crippen molar-refractivity contribution < 1.29 is 49.1 Å². The number of aliphatic hydroxyl groups is 1. The van der Waals surface area contributed by atoms with Crippen molar-refractivity contribution in [2.75, 3.05) is 33.4 Å². The number of carbonyl (C=O) groups excluding carboxylic acids is 1. The molecule has 248 valence electrons. The van der Waals surface area contributed by atoms with Crippen LogP contribution >= 0.6 is 0 Å². The Balaban J connectivity index is 0.000000315. The zero-order valence-electron chi connectivity index (χ0n) is 25.8. The Morgan fingerprint density at radius 3 is 2.11 bits per heavy atom. The molecule has 0 bridgehead atoms. The van der Waals surface area contributed by atoms with Gasteiger partial charge in [0.15, 0.2) is 5.60 Å². The molecular formula is C33H41N3O10. The number of hydrogen-bond acceptors (Lipinski definition) is 8. The van der Waals surface area contributed by atoms with Crippen molar-refractivity contribution in [3.05, 3.63) is 65.9 Å². The Hall–Kier alpha value is -4.46. The minimum atomic E-state index is -2.74. The van der Waals surface area contributed by atoms with Crippen LogP contribution in [0.15, 0.2) is 54.7 Å². The van der Waals surface area contributed by atoms with Crippen LogP contribution in [0.2, 0.25) is 0 Å². The molecule has 5 N–H and O–H groups in total. The Labute approximate surface area is 266 Å². The lowest BCUT2D eigenvalue weighted by Crippen LogP contribution is -2.42. The zero-order valence-corrected chi connectivity index (χ0v) is 25.8. The number of aromatic nitrogens is 1. The largest absolute Gasteiger partial charge is 0.497 e. The number of amides is 1.